The summed E-state index contributed by atoms with van der Waals surface area (Å²) in [6.07, 6.45) is 1.85. The van der Waals surface area contributed by atoms with Crippen molar-refractivity contribution in [3.8, 4) is 11.4 Å². The van der Waals surface area contributed by atoms with E-state index >= 15 is 0 Å². The molecule has 0 N–H and O–H groups in total. The van der Waals surface area contributed by atoms with Crippen molar-refractivity contribution in [1.82, 2.24) is 19.7 Å². The number of aryl methyl sites for hydroxylation is 2. The lowest BCUT2D eigenvalue weighted by Gasteiger charge is -2.20. The quantitative estimate of drug-likeness (QED) is 0.245. The Bertz CT molecular complexity index is 1280. The largest absolute Gasteiger partial charge is 0.302 e. The summed E-state index contributed by atoms with van der Waals surface area (Å²) in [5, 5.41) is 12.6. The van der Waals surface area contributed by atoms with Gasteiger partial charge < -0.3 is 4.57 Å². The maximum absolute atomic E-state index is 12.5. The standard InChI is InChI=1S/C26H29N5OS2/c1-5-14-30-24(21-12-9-10-18(3)15-21)28-29-26(30)34-17-22-16-33-25(27-22)31(19(4)32)23-13-8-7-11-20(23)6-2/h7-13,15-16H,5-6,14,17H2,1-4H3. The van der Waals surface area contributed by atoms with E-state index in [4.69, 9.17) is 4.98 Å². The summed E-state index contributed by atoms with van der Waals surface area (Å²) < 4.78 is 2.19. The van der Waals surface area contributed by atoms with Crippen LogP contribution in [0.15, 0.2) is 59.1 Å². The number of para-hydroxylation sites is 1. The third-order valence-corrected chi connectivity index (χ3v) is 7.32. The molecule has 0 aliphatic heterocycles. The molecule has 34 heavy (non-hydrogen) atoms. The smallest absolute Gasteiger partial charge is 0.230 e. The molecule has 0 aliphatic carbocycles. The zero-order valence-electron chi connectivity index (χ0n) is 20.0. The summed E-state index contributed by atoms with van der Waals surface area (Å²) in [5.74, 6) is 1.51. The molecule has 0 bridgehead atoms. The van der Waals surface area contributed by atoms with Crippen LogP contribution in [0, 0.1) is 6.92 Å². The van der Waals surface area contributed by atoms with Crippen molar-refractivity contribution in [3.63, 3.8) is 0 Å². The van der Waals surface area contributed by atoms with Gasteiger partial charge in [0.05, 0.1) is 11.4 Å². The number of rotatable bonds is 9. The lowest BCUT2D eigenvalue weighted by atomic mass is 10.1. The van der Waals surface area contributed by atoms with Gasteiger partial charge in [-0.05, 0) is 37.5 Å². The number of anilines is 2. The lowest BCUT2D eigenvalue weighted by Crippen LogP contribution is -2.23. The van der Waals surface area contributed by atoms with Gasteiger partial charge in [0.25, 0.3) is 0 Å². The van der Waals surface area contributed by atoms with Crippen molar-refractivity contribution in [2.45, 2.75) is 58.0 Å². The monoisotopic (exact) mass is 491 g/mol. The molecule has 0 spiro atoms. The second-order valence-corrected chi connectivity index (χ2v) is 9.85. The molecule has 0 fully saturated rings. The first-order valence-electron chi connectivity index (χ1n) is 11.5. The highest BCUT2D eigenvalue weighted by atomic mass is 32.2. The maximum atomic E-state index is 12.5. The van der Waals surface area contributed by atoms with E-state index in [0.29, 0.717) is 10.9 Å². The summed E-state index contributed by atoms with van der Waals surface area (Å²) in [7, 11) is 0. The first kappa shape index (κ1) is 24.2. The van der Waals surface area contributed by atoms with E-state index in [9.17, 15) is 4.79 Å². The van der Waals surface area contributed by atoms with Gasteiger partial charge in [-0.15, -0.1) is 21.5 Å². The third-order valence-electron chi connectivity index (χ3n) is 5.45. The van der Waals surface area contributed by atoms with Gasteiger partial charge in [0.2, 0.25) is 5.91 Å². The second-order valence-electron chi connectivity index (χ2n) is 8.07. The van der Waals surface area contributed by atoms with E-state index in [1.165, 1.54) is 16.9 Å². The zero-order valence-corrected chi connectivity index (χ0v) is 21.6. The van der Waals surface area contributed by atoms with E-state index in [1.54, 1.807) is 23.6 Å². The number of thioether (sulfide) groups is 1. The van der Waals surface area contributed by atoms with Gasteiger partial charge >= 0.3 is 0 Å². The molecule has 6 nitrogen and oxygen atoms in total. The van der Waals surface area contributed by atoms with E-state index in [-0.39, 0.29) is 5.91 Å². The predicted octanol–water partition coefficient (Wildman–Crippen LogP) is 6.66. The van der Waals surface area contributed by atoms with Crippen LogP contribution in [0.5, 0.6) is 0 Å². The highest BCUT2D eigenvalue weighted by molar-refractivity contribution is 7.98. The number of hydrogen-bond acceptors (Lipinski definition) is 6. The number of hydrogen-bond donors (Lipinski definition) is 0. The average Bonchev–Trinajstić information content (AvgIpc) is 3.45. The highest BCUT2D eigenvalue weighted by Gasteiger charge is 2.21. The Morgan fingerprint density at radius 3 is 2.68 bits per heavy atom. The third kappa shape index (κ3) is 5.23. The number of nitrogens with zero attached hydrogens (tertiary/aromatic N) is 5. The van der Waals surface area contributed by atoms with E-state index in [0.717, 1.165) is 52.9 Å². The first-order chi connectivity index (χ1) is 16.5. The Hall–Kier alpha value is -2.97. The fourth-order valence-corrected chi connectivity index (χ4v) is 5.70. The first-order valence-corrected chi connectivity index (χ1v) is 13.3. The molecule has 0 radical (unpaired) electrons. The molecular weight excluding hydrogens is 462 g/mol. The Morgan fingerprint density at radius 2 is 1.94 bits per heavy atom. The van der Waals surface area contributed by atoms with Gasteiger partial charge in [-0.25, -0.2) is 4.98 Å². The molecule has 2 aromatic carbocycles. The van der Waals surface area contributed by atoms with Gasteiger partial charge in [0.15, 0.2) is 16.1 Å². The van der Waals surface area contributed by atoms with Crippen LogP contribution in [0.4, 0.5) is 10.8 Å². The number of aromatic nitrogens is 4. The lowest BCUT2D eigenvalue weighted by molar-refractivity contribution is -0.115. The normalized spacial score (nSPS) is 11.1. The molecule has 2 aromatic heterocycles. The fraction of sp³-hybridized carbons (Fsp3) is 0.308. The zero-order chi connectivity index (χ0) is 24.1. The summed E-state index contributed by atoms with van der Waals surface area (Å²) in [6, 6.07) is 16.4. The van der Waals surface area contributed by atoms with Crippen LogP contribution < -0.4 is 4.90 Å². The van der Waals surface area contributed by atoms with Gasteiger partial charge in [0.1, 0.15) is 0 Å². The summed E-state index contributed by atoms with van der Waals surface area (Å²) >= 11 is 3.12. The van der Waals surface area contributed by atoms with E-state index < -0.39 is 0 Å². The number of thiazole rings is 1. The Morgan fingerprint density at radius 1 is 1.12 bits per heavy atom. The minimum absolute atomic E-state index is 0.0417. The molecule has 0 aliphatic rings. The molecular formula is C26H29N5OS2. The fourth-order valence-electron chi connectivity index (χ4n) is 3.86. The van der Waals surface area contributed by atoms with Crippen molar-refractivity contribution >= 4 is 39.8 Å². The van der Waals surface area contributed by atoms with Crippen LogP contribution in [-0.2, 0) is 23.5 Å². The molecule has 0 unspecified atom stereocenters. The summed E-state index contributed by atoms with van der Waals surface area (Å²) in [5.41, 5.74) is 5.23. The van der Waals surface area contributed by atoms with Gasteiger partial charge in [0, 0.05) is 30.2 Å². The number of amides is 1. The van der Waals surface area contributed by atoms with Crippen LogP contribution in [0.1, 0.15) is 44.0 Å². The molecule has 176 valence electrons. The van der Waals surface area contributed by atoms with E-state index in [1.807, 2.05) is 23.6 Å². The Balaban J connectivity index is 1.55. The van der Waals surface area contributed by atoms with Crippen molar-refractivity contribution in [1.29, 1.82) is 0 Å². The highest BCUT2D eigenvalue weighted by Crippen LogP contribution is 2.33. The van der Waals surface area contributed by atoms with Crippen molar-refractivity contribution in [2.75, 3.05) is 4.90 Å². The average molecular weight is 492 g/mol. The Labute approximate surface area is 209 Å². The molecule has 4 rings (SSSR count). The summed E-state index contributed by atoms with van der Waals surface area (Å²) in [6.45, 7) is 8.78. The van der Waals surface area contributed by atoms with Gasteiger partial charge in [-0.3, -0.25) is 9.69 Å². The predicted molar refractivity (Wildman–Crippen MR) is 141 cm³/mol. The second kappa shape index (κ2) is 11.0. The van der Waals surface area contributed by atoms with E-state index in [2.05, 4.69) is 65.9 Å². The molecule has 8 heteroatoms. The summed E-state index contributed by atoms with van der Waals surface area (Å²) in [4.78, 5) is 19.1. The molecule has 0 saturated carbocycles. The van der Waals surface area contributed by atoms with Crippen LogP contribution in [-0.4, -0.2) is 25.7 Å². The van der Waals surface area contributed by atoms with Crippen LogP contribution in [0.3, 0.4) is 0 Å². The molecule has 4 aromatic rings. The molecule has 2 heterocycles. The van der Waals surface area contributed by atoms with Crippen molar-refractivity contribution in [3.05, 3.63) is 70.7 Å². The molecule has 0 saturated heterocycles. The van der Waals surface area contributed by atoms with Crippen LogP contribution >= 0.6 is 23.1 Å². The van der Waals surface area contributed by atoms with Crippen LogP contribution in [0.25, 0.3) is 11.4 Å². The van der Waals surface area contributed by atoms with Crippen LogP contribution in [0.2, 0.25) is 0 Å². The molecule has 0 atom stereocenters. The van der Waals surface area contributed by atoms with Gasteiger partial charge in [-0.1, -0.05) is 67.6 Å². The number of carbonyl (C=O) groups excluding carboxylic acids is 1. The Kier molecular flexibility index (Phi) is 7.80. The van der Waals surface area contributed by atoms with Crippen molar-refractivity contribution in [2.24, 2.45) is 0 Å². The number of carbonyl (C=O) groups is 1. The van der Waals surface area contributed by atoms with Gasteiger partial charge in [-0.2, -0.15) is 0 Å². The SMILES string of the molecule is CCCn1c(SCc2csc(N(C(C)=O)c3ccccc3CC)n2)nnc1-c1cccc(C)c1. The maximum Gasteiger partial charge on any atom is 0.230 e. The topological polar surface area (TPSA) is 63.9 Å². The number of benzene rings is 2. The minimum Gasteiger partial charge on any atom is -0.302 e. The minimum atomic E-state index is -0.0417. The van der Waals surface area contributed by atoms with Crippen molar-refractivity contribution < 1.29 is 4.79 Å². The molecule has 1 amide bonds.